The second-order valence-corrected chi connectivity index (χ2v) is 8.46. The summed E-state index contributed by atoms with van der Waals surface area (Å²) in [5, 5.41) is 5.32. The van der Waals surface area contributed by atoms with Crippen molar-refractivity contribution >= 4 is 22.4 Å². The van der Waals surface area contributed by atoms with Gasteiger partial charge >= 0.3 is 0 Å². The van der Waals surface area contributed by atoms with E-state index in [9.17, 15) is 9.18 Å². The number of carbonyl (C=O) groups is 1. The molecule has 4 aromatic rings. The van der Waals surface area contributed by atoms with E-state index < -0.39 is 0 Å². The molecule has 0 unspecified atom stereocenters. The van der Waals surface area contributed by atoms with Gasteiger partial charge in [-0.25, -0.2) is 9.37 Å². The zero-order valence-electron chi connectivity index (χ0n) is 17.2. The standard InChI is InChI=1S/C23H20FN5O2S/c1-31-15-9-18(24)21(26-11-15)17-10-16(17)19-13-32-23(27-19)28-22(30)20-3-2-8-29(20)12-14-4-6-25-7-5-14/h2-9,11,13,16-17H,10,12H2,1H3,(H,27,28,30)/t16-,17-/m1/s1. The molecule has 1 saturated carbocycles. The molecule has 1 aliphatic carbocycles. The normalized spacial score (nSPS) is 17.2. The maximum absolute atomic E-state index is 14.3. The lowest BCUT2D eigenvalue weighted by molar-refractivity contribution is 0.101. The number of thiazole rings is 1. The van der Waals surface area contributed by atoms with Crippen molar-refractivity contribution in [3.63, 3.8) is 0 Å². The number of carbonyl (C=O) groups excluding carboxylic acids is 1. The van der Waals surface area contributed by atoms with Gasteiger partial charge in [0.1, 0.15) is 17.3 Å². The minimum atomic E-state index is -0.365. The number of anilines is 1. The van der Waals surface area contributed by atoms with Crippen molar-refractivity contribution in [1.82, 2.24) is 19.5 Å². The molecule has 0 saturated heterocycles. The van der Waals surface area contributed by atoms with E-state index in [1.54, 1.807) is 18.5 Å². The summed E-state index contributed by atoms with van der Waals surface area (Å²) in [5.41, 5.74) is 2.89. The quantitative estimate of drug-likeness (QED) is 0.451. The Labute approximate surface area is 187 Å². The molecule has 0 aliphatic heterocycles. The third kappa shape index (κ3) is 4.11. The van der Waals surface area contributed by atoms with Crippen LogP contribution in [0.3, 0.4) is 0 Å². The summed E-state index contributed by atoms with van der Waals surface area (Å²) in [4.78, 5) is 25.6. The van der Waals surface area contributed by atoms with Gasteiger partial charge in [0.2, 0.25) is 0 Å². The van der Waals surface area contributed by atoms with Crippen LogP contribution in [0.5, 0.6) is 5.75 Å². The Bertz CT molecular complexity index is 1260. The monoisotopic (exact) mass is 449 g/mol. The minimum Gasteiger partial charge on any atom is -0.495 e. The second-order valence-electron chi connectivity index (χ2n) is 7.60. The number of methoxy groups -OCH3 is 1. The number of amides is 1. The molecule has 1 amide bonds. The van der Waals surface area contributed by atoms with Gasteiger partial charge in [0.15, 0.2) is 5.13 Å². The molecule has 7 nitrogen and oxygen atoms in total. The van der Waals surface area contributed by atoms with Gasteiger partial charge in [0.05, 0.1) is 24.7 Å². The first-order chi connectivity index (χ1) is 15.6. The van der Waals surface area contributed by atoms with Gasteiger partial charge < -0.3 is 9.30 Å². The summed E-state index contributed by atoms with van der Waals surface area (Å²) in [6, 6.07) is 8.81. The highest BCUT2D eigenvalue weighted by Gasteiger charge is 2.43. The van der Waals surface area contributed by atoms with Crippen molar-refractivity contribution in [1.29, 1.82) is 0 Å². The van der Waals surface area contributed by atoms with Gasteiger partial charge in [0, 0.05) is 48.4 Å². The van der Waals surface area contributed by atoms with E-state index >= 15 is 0 Å². The zero-order chi connectivity index (χ0) is 22.1. The molecule has 32 heavy (non-hydrogen) atoms. The molecule has 1 N–H and O–H groups in total. The number of nitrogens with one attached hydrogen (secondary N) is 1. The van der Waals surface area contributed by atoms with Crippen molar-refractivity contribution in [2.24, 2.45) is 0 Å². The second kappa shape index (κ2) is 8.51. The van der Waals surface area contributed by atoms with Crippen LogP contribution in [0.2, 0.25) is 0 Å². The SMILES string of the molecule is COc1cnc([C@@H]2C[C@H]2c2csc(NC(=O)c3cccn3Cc3ccncc3)n2)c(F)c1. The molecule has 4 aromatic heterocycles. The highest BCUT2D eigenvalue weighted by atomic mass is 32.1. The molecule has 162 valence electrons. The van der Waals surface area contributed by atoms with Crippen LogP contribution in [0.15, 0.2) is 60.5 Å². The Morgan fingerprint density at radius 2 is 2.16 bits per heavy atom. The lowest BCUT2D eigenvalue weighted by Crippen LogP contribution is -2.17. The van der Waals surface area contributed by atoms with Crippen LogP contribution < -0.4 is 10.1 Å². The molecule has 4 heterocycles. The Kier molecular flexibility index (Phi) is 5.40. The fourth-order valence-electron chi connectivity index (χ4n) is 3.76. The number of hydrogen-bond donors (Lipinski definition) is 1. The Morgan fingerprint density at radius 3 is 2.94 bits per heavy atom. The lowest BCUT2D eigenvalue weighted by atomic mass is 10.2. The number of hydrogen-bond acceptors (Lipinski definition) is 6. The van der Waals surface area contributed by atoms with Crippen LogP contribution in [-0.2, 0) is 6.54 Å². The van der Waals surface area contributed by atoms with E-state index in [2.05, 4.69) is 20.3 Å². The summed E-state index contributed by atoms with van der Waals surface area (Å²) >= 11 is 1.37. The van der Waals surface area contributed by atoms with Gasteiger partial charge in [-0.2, -0.15) is 0 Å². The van der Waals surface area contributed by atoms with E-state index in [0.29, 0.717) is 28.8 Å². The molecular weight excluding hydrogens is 429 g/mol. The van der Waals surface area contributed by atoms with Crippen LogP contribution in [0.25, 0.3) is 0 Å². The first kappa shape index (κ1) is 20.3. The van der Waals surface area contributed by atoms with Crippen LogP contribution in [0.1, 0.15) is 45.7 Å². The Balaban J connectivity index is 1.25. The fraction of sp³-hybridized carbons (Fsp3) is 0.217. The van der Waals surface area contributed by atoms with Crippen LogP contribution in [-0.4, -0.2) is 32.5 Å². The predicted octanol–water partition coefficient (Wildman–Crippen LogP) is 4.45. The molecule has 2 atom stereocenters. The van der Waals surface area contributed by atoms with Crippen molar-refractivity contribution in [3.8, 4) is 5.75 Å². The molecule has 0 aromatic carbocycles. The topological polar surface area (TPSA) is 81.9 Å². The van der Waals surface area contributed by atoms with E-state index in [4.69, 9.17) is 4.74 Å². The van der Waals surface area contributed by atoms with Crippen molar-refractivity contribution in [2.45, 2.75) is 24.8 Å². The summed E-state index contributed by atoms with van der Waals surface area (Å²) in [6.45, 7) is 0.575. The maximum atomic E-state index is 14.3. The minimum absolute atomic E-state index is 0.0100. The van der Waals surface area contributed by atoms with Crippen LogP contribution in [0, 0.1) is 5.82 Å². The largest absolute Gasteiger partial charge is 0.495 e. The maximum Gasteiger partial charge on any atom is 0.274 e. The molecule has 1 aliphatic rings. The van der Waals surface area contributed by atoms with Gasteiger partial charge in [-0.1, -0.05) is 0 Å². The molecule has 9 heteroatoms. The van der Waals surface area contributed by atoms with E-state index in [-0.39, 0.29) is 23.6 Å². The smallest absolute Gasteiger partial charge is 0.274 e. The first-order valence-electron chi connectivity index (χ1n) is 10.1. The van der Waals surface area contributed by atoms with Gasteiger partial charge in [-0.05, 0) is 36.2 Å². The van der Waals surface area contributed by atoms with Gasteiger partial charge in [-0.15, -0.1) is 11.3 Å². The molecule has 0 spiro atoms. The zero-order valence-corrected chi connectivity index (χ0v) is 18.1. The third-order valence-corrected chi connectivity index (χ3v) is 6.28. The van der Waals surface area contributed by atoms with Crippen LogP contribution >= 0.6 is 11.3 Å². The summed E-state index contributed by atoms with van der Waals surface area (Å²) in [7, 11) is 1.48. The number of aromatic nitrogens is 4. The first-order valence-corrected chi connectivity index (χ1v) is 11.0. The number of halogens is 1. The fourth-order valence-corrected chi connectivity index (χ4v) is 4.53. The van der Waals surface area contributed by atoms with Crippen molar-refractivity contribution in [3.05, 3.63) is 89.0 Å². The lowest BCUT2D eigenvalue weighted by Gasteiger charge is -2.08. The van der Waals surface area contributed by atoms with E-state index in [1.165, 1.54) is 30.7 Å². The highest BCUT2D eigenvalue weighted by Crippen LogP contribution is 2.54. The average Bonchev–Trinajstić information content (AvgIpc) is 3.21. The van der Waals surface area contributed by atoms with Gasteiger partial charge in [-0.3, -0.25) is 20.1 Å². The van der Waals surface area contributed by atoms with Crippen molar-refractivity contribution < 1.29 is 13.9 Å². The number of rotatable bonds is 7. The van der Waals surface area contributed by atoms with Crippen LogP contribution in [0.4, 0.5) is 9.52 Å². The molecule has 0 radical (unpaired) electrons. The van der Waals surface area contributed by atoms with Crippen molar-refractivity contribution in [2.75, 3.05) is 12.4 Å². The molecular formula is C23H20FN5O2S. The number of ether oxygens (including phenoxy) is 1. The Morgan fingerprint density at radius 1 is 1.31 bits per heavy atom. The third-order valence-electron chi connectivity index (χ3n) is 5.51. The van der Waals surface area contributed by atoms with E-state index in [1.807, 2.05) is 34.3 Å². The summed E-state index contributed by atoms with van der Waals surface area (Å²) in [5.74, 6) is -0.0986. The molecule has 5 rings (SSSR count). The van der Waals surface area contributed by atoms with E-state index in [0.717, 1.165) is 17.7 Å². The molecule has 0 bridgehead atoms. The van der Waals surface area contributed by atoms with Gasteiger partial charge in [0.25, 0.3) is 5.91 Å². The summed E-state index contributed by atoms with van der Waals surface area (Å²) in [6.07, 6.45) is 7.64. The Hall–Kier alpha value is -3.59. The number of nitrogens with zero attached hydrogens (tertiary/aromatic N) is 4. The summed E-state index contributed by atoms with van der Waals surface area (Å²) < 4.78 is 21.2. The average molecular weight is 450 g/mol. The molecule has 1 fully saturated rings. The number of pyridine rings is 2. The highest BCUT2D eigenvalue weighted by molar-refractivity contribution is 7.14. The predicted molar refractivity (Wildman–Crippen MR) is 119 cm³/mol.